The molecule has 5 heteroatoms. The van der Waals surface area contributed by atoms with E-state index in [1.54, 1.807) is 12.1 Å². The minimum absolute atomic E-state index is 0.0383. The van der Waals surface area contributed by atoms with E-state index < -0.39 is 0 Å². The second-order valence-corrected chi connectivity index (χ2v) is 7.45. The number of nitrogens with one attached hydrogen (secondary N) is 1. The maximum atomic E-state index is 12.9. The molecule has 1 aliphatic heterocycles. The van der Waals surface area contributed by atoms with Gasteiger partial charge >= 0.3 is 0 Å². The third-order valence-corrected chi connectivity index (χ3v) is 5.45. The van der Waals surface area contributed by atoms with Gasteiger partial charge in [-0.15, -0.1) is 0 Å². The van der Waals surface area contributed by atoms with Gasteiger partial charge in [0, 0.05) is 23.8 Å². The van der Waals surface area contributed by atoms with Crippen molar-refractivity contribution in [1.82, 2.24) is 5.32 Å². The topological polar surface area (TPSA) is 49.4 Å². The molecule has 134 valence electrons. The molecule has 0 radical (unpaired) electrons. The summed E-state index contributed by atoms with van der Waals surface area (Å²) in [7, 11) is 0. The molecule has 1 aliphatic carbocycles. The van der Waals surface area contributed by atoms with E-state index in [4.69, 9.17) is 11.6 Å². The summed E-state index contributed by atoms with van der Waals surface area (Å²) in [6, 6.07) is 15.5. The number of anilines is 1. The van der Waals surface area contributed by atoms with Crippen molar-refractivity contribution in [2.24, 2.45) is 11.8 Å². The second kappa shape index (κ2) is 7.12. The van der Waals surface area contributed by atoms with E-state index in [2.05, 4.69) is 11.4 Å². The minimum Gasteiger partial charge on any atom is -0.352 e. The average molecular weight is 369 g/mol. The van der Waals surface area contributed by atoms with Gasteiger partial charge in [0.15, 0.2) is 0 Å². The Kier molecular flexibility index (Phi) is 4.68. The molecular weight excluding hydrogens is 348 g/mol. The van der Waals surface area contributed by atoms with Crippen molar-refractivity contribution in [3.8, 4) is 0 Å². The van der Waals surface area contributed by atoms with Gasteiger partial charge < -0.3 is 10.2 Å². The van der Waals surface area contributed by atoms with Gasteiger partial charge in [-0.2, -0.15) is 0 Å². The van der Waals surface area contributed by atoms with Crippen LogP contribution >= 0.6 is 11.6 Å². The van der Waals surface area contributed by atoms with Crippen LogP contribution in [0.15, 0.2) is 48.5 Å². The first-order chi connectivity index (χ1) is 12.6. The van der Waals surface area contributed by atoms with Gasteiger partial charge in [-0.05, 0) is 48.6 Å². The third-order valence-electron chi connectivity index (χ3n) is 5.20. The van der Waals surface area contributed by atoms with Gasteiger partial charge in [-0.25, -0.2) is 0 Å². The fourth-order valence-electron chi connectivity index (χ4n) is 3.64. The van der Waals surface area contributed by atoms with Gasteiger partial charge in [0.25, 0.3) is 0 Å². The molecule has 2 aromatic rings. The molecule has 0 bridgehead atoms. The standard InChI is InChI=1S/C21H21ClN2O2/c22-16-9-7-14(8-10-16)13-23-20(25)17-12-18(17)21(26)24-11-3-5-15-4-1-2-6-19(15)24/h1-2,4,6-10,17-18H,3,5,11-13H2,(H,23,25). The molecule has 1 N–H and O–H groups in total. The Bertz CT molecular complexity index is 834. The van der Waals surface area contributed by atoms with Gasteiger partial charge in [0.05, 0.1) is 11.8 Å². The van der Waals surface area contributed by atoms with E-state index in [1.165, 1.54) is 5.56 Å². The summed E-state index contributed by atoms with van der Waals surface area (Å²) in [5.74, 6) is -0.345. The van der Waals surface area contributed by atoms with E-state index in [-0.39, 0.29) is 23.7 Å². The van der Waals surface area contributed by atoms with Crippen LogP contribution in [0.1, 0.15) is 24.0 Å². The van der Waals surface area contributed by atoms with Crippen LogP contribution in [-0.4, -0.2) is 18.4 Å². The first kappa shape index (κ1) is 17.1. The van der Waals surface area contributed by atoms with Crippen LogP contribution in [0.5, 0.6) is 0 Å². The molecule has 1 saturated carbocycles. The predicted octanol–water partition coefficient (Wildman–Crippen LogP) is 3.57. The molecule has 1 heterocycles. The van der Waals surface area contributed by atoms with Gasteiger partial charge in [-0.3, -0.25) is 9.59 Å². The normalized spacial score (nSPS) is 21.0. The Balaban J connectivity index is 1.35. The van der Waals surface area contributed by atoms with Crippen molar-refractivity contribution in [1.29, 1.82) is 0 Å². The highest BCUT2D eigenvalue weighted by Gasteiger charge is 2.49. The Morgan fingerprint density at radius 3 is 2.65 bits per heavy atom. The van der Waals surface area contributed by atoms with E-state index in [9.17, 15) is 9.59 Å². The number of aryl methyl sites for hydroxylation is 1. The lowest BCUT2D eigenvalue weighted by molar-refractivity contribution is -0.126. The Morgan fingerprint density at radius 1 is 1.08 bits per heavy atom. The molecule has 4 nitrogen and oxygen atoms in total. The van der Waals surface area contributed by atoms with Crippen molar-refractivity contribution < 1.29 is 9.59 Å². The number of fused-ring (bicyclic) bond motifs is 1. The predicted molar refractivity (Wildman–Crippen MR) is 102 cm³/mol. The van der Waals surface area contributed by atoms with Crippen molar-refractivity contribution in [3.63, 3.8) is 0 Å². The summed E-state index contributed by atoms with van der Waals surface area (Å²) < 4.78 is 0. The van der Waals surface area contributed by atoms with Gasteiger partial charge in [0.1, 0.15) is 0 Å². The highest BCUT2D eigenvalue weighted by atomic mass is 35.5. The van der Waals surface area contributed by atoms with Crippen LogP contribution in [0.25, 0.3) is 0 Å². The largest absolute Gasteiger partial charge is 0.352 e. The number of nitrogens with zero attached hydrogens (tertiary/aromatic N) is 1. The van der Waals surface area contributed by atoms with Crippen LogP contribution in [0, 0.1) is 11.8 Å². The van der Waals surface area contributed by atoms with Crippen molar-refractivity contribution in [2.75, 3.05) is 11.4 Å². The molecule has 0 spiro atoms. The van der Waals surface area contributed by atoms with E-state index in [1.807, 2.05) is 35.2 Å². The number of para-hydroxylation sites is 1. The number of benzene rings is 2. The zero-order valence-electron chi connectivity index (χ0n) is 14.5. The number of amides is 2. The summed E-state index contributed by atoms with van der Waals surface area (Å²) in [4.78, 5) is 27.1. The first-order valence-corrected chi connectivity index (χ1v) is 9.43. The van der Waals surface area contributed by atoms with Crippen molar-refractivity contribution in [3.05, 3.63) is 64.7 Å². The molecule has 1 fully saturated rings. The number of carbonyl (C=O) groups excluding carboxylic acids is 2. The summed E-state index contributed by atoms with van der Waals surface area (Å²) in [5, 5.41) is 3.61. The quantitative estimate of drug-likeness (QED) is 0.896. The molecule has 2 aromatic carbocycles. The summed E-state index contributed by atoms with van der Waals surface area (Å²) in [6.07, 6.45) is 2.63. The van der Waals surface area contributed by atoms with Crippen LogP contribution in [-0.2, 0) is 22.6 Å². The number of carbonyl (C=O) groups is 2. The molecule has 0 saturated heterocycles. The maximum absolute atomic E-state index is 12.9. The van der Waals surface area contributed by atoms with Gasteiger partial charge in [0.2, 0.25) is 11.8 Å². The van der Waals surface area contributed by atoms with E-state index >= 15 is 0 Å². The number of hydrogen-bond acceptors (Lipinski definition) is 2. The molecule has 26 heavy (non-hydrogen) atoms. The monoisotopic (exact) mass is 368 g/mol. The average Bonchev–Trinajstić information content (AvgIpc) is 3.47. The zero-order valence-corrected chi connectivity index (χ0v) is 15.2. The van der Waals surface area contributed by atoms with Crippen molar-refractivity contribution >= 4 is 29.1 Å². The lowest BCUT2D eigenvalue weighted by Crippen LogP contribution is -2.37. The fourth-order valence-corrected chi connectivity index (χ4v) is 3.77. The number of hydrogen-bond donors (Lipinski definition) is 1. The number of halogens is 1. The zero-order chi connectivity index (χ0) is 18.1. The minimum atomic E-state index is -0.205. The Hall–Kier alpha value is -2.33. The molecule has 0 aromatic heterocycles. The summed E-state index contributed by atoms with van der Waals surface area (Å²) >= 11 is 5.87. The lowest BCUT2D eigenvalue weighted by Gasteiger charge is -2.29. The first-order valence-electron chi connectivity index (χ1n) is 9.05. The summed E-state index contributed by atoms with van der Waals surface area (Å²) in [5.41, 5.74) is 3.23. The van der Waals surface area contributed by atoms with Crippen LogP contribution in [0.4, 0.5) is 5.69 Å². The molecule has 2 amide bonds. The molecule has 4 rings (SSSR count). The van der Waals surface area contributed by atoms with Crippen LogP contribution < -0.4 is 10.2 Å². The van der Waals surface area contributed by atoms with Crippen molar-refractivity contribution in [2.45, 2.75) is 25.8 Å². The molecule has 2 unspecified atom stereocenters. The molecule has 2 aliphatic rings. The SMILES string of the molecule is O=C(NCc1ccc(Cl)cc1)C1CC1C(=O)N1CCCc2ccccc21. The van der Waals surface area contributed by atoms with Crippen LogP contribution in [0.2, 0.25) is 5.02 Å². The highest BCUT2D eigenvalue weighted by molar-refractivity contribution is 6.30. The fraction of sp³-hybridized carbons (Fsp3) is 0.333. The number of rotatable bonds is 4. The van der Waals surface area contributed by atoms with Gasteiger partial charge in [-0.1, -0.05) is 41.9 Å². The van der Waals surface area contributed by atoms with Crippen LogP contribution in [0.3, 0.4) is 0 Å². The maximum Gasteiger partial charge on any atom is 0.230 e. The third kappa shape index (κ3) is 3.47. The lowest BCUT2D eigenvalue weighted by atomic mass is 10.0. The summed E-state index contributed by atoms with van der Waals surface area (Å²) in [6.45, 7) is 1.20. The smallest absolute Gasteiger partial charge is 0.230 e. The second-order valence-electron chi connectivity index (χ2n) is 7.02. The van der Waals surface area contributed by atoms with E-state index in [0.717, 1.165) is 30.6 Å². The Labute approximate surface area is 158 Å². The highest BCUT2D eigenvalue weighted by Crippen LogP contribution is 2.42. The molecular formula is C21H21ClN2O2. The Morgan fingerprint density at radius 2 is 1.85 bits per heavy atom. The molecule has 2 atom stereocenters. The van der Waals surface area contributed by atoms with E-state index in [0.29, 0.717) is 18.0 Å².